The van der Waals surface area contributed by atoms with Gasteiger partial charge < -0.3 is 0 Å². The van der Waals surface area contributed by atoms with Crippen LogP contribution in [0.5, 0.6) is 0 Å². The quantitative estimate of drug-likeness (QED) is 0.517. The van der Waals surface area contributed by atoms with Gasteiger partial charge in [0.25, 0.3) is 0 Å². The SMILES string of the molecule is Cc1cccc(CN2CCN(C)C(c3cn4c(-c5ccncc5)cccc4n3)C2)c1. The lowest BCUT2D eigenvalue weighted by molar-refractivity contribution is 0.0885. The van der Waals surface area contributed by atoms with Gasteiger partial charge in [-0.3, -0.25) is 19.2 Å². The van der Waals surface area contributed by atoms with Crippen LogP contribution in [-0.2, 0) is 6.54 Å². The van der Waals surface area contributed by atoms with Crippen molar-refractivity contribution in [1.29, 1.82) is 0 Å². The minimum atomic E-state index is 0.286. The van der Waals surface area contributed by atoms with E-state index in [1.165, 1.54) is 11.1 Å². The first kappa shape index (κ1) is 19.0. The lowest BCUT2D eigenvalue weighted by Crippen LogP contribution is -2.46. The van der Waals surface area contributed by atoms with Gasteiger partial charge in [0.15, 0.2) is 0 Å². The molecule has 5 rings (SSSR count). The van der Waals surface area contributed by atoms with Crippen LogP contribution in [0.1, 0.15) is 22.9 Å². The third kappa shape index (κ3) is 3.74. The molecule has 1 aliphatic rings. The molecule has 0 amide bonds. The van der Waals surface area contributed by atoms with Gasteiger partial charge in [0.05, 0.1) is 17.4 Å². The Hall–Kier alpha value is -3.02. The molecule has 4 aromatic rings. The fourth-order valence-electron chi connectivity index (χ4n) is 4.41. The molecule has 4 heterocycles. The van der Waals surface area contributed by atoms with Crippen LogP contribution >= 0.6 is 0 Å². The number of nitrogens with zero attached hydrogens (tertiary/aromatic N) is 5. The molecule has 0 saturated carbocycles. The number of fused-ring (bicyclic) bond motifs is 1. The molecule has 152 valence electrons. The molecule has 1 saturated heterocycles. The summed E-state index contributed by atoms with van der Waals surface area (Å²) in [5.41, 5.74) is 7.12. The van der Waals surface area contributed by atoms with Crippen LogP contribution in [0.4, 0.5) is 0 Å². The molecule has 1 aliphatic heterocycles. The second-order valence-electron chi connectivity index (χ2n) is 8.26. The molecule has 0 N–H and O–H groups in total. The highest BCUT2D eigenvalue weighted by Crippen LogP contribution is 2.27. The average Bonchev–Trinajstić information content (AvgIpc) is 3.20. The Morgan fingerprint density at radius 1 is 1.00 bits per heavy atom. The molecular formula is C25H27N5. The molecule has 0 spiro atoms. The highest BCUT2D eigenvalue weighted by Gasteiger charge is 2.28. The number of hydrogen-bond donors (Lipinski definition) is 0. The van der Waals surface area contributed by atoms with Crippen LogP contribution < -0.4 is 0 Å². The van der Waals surface area contributed by atoms with E-state index in [0.29, 0.717) is 0 Å². The standard InChI is InChI=1S/C25H27N5/c1-19-5-3-6-20(15-19)16-29-14-13-28(2)24(18-29)22-17-30-23(7-4-8-25(30)27-22)21-9-11-26-12-10-21/h3-12,15,17,24H,13-14,16,18H2,1-2H3. The maximum Gasteiger partial charge on any atom is 0.137 e. The number of imidazole rings is 1. The van der Waals surface area contributed by atoms with E-state index in [1.807, 2.05) is 24.5 Å². The van der Waals surface area contributed by atoms with Crippen LogP contribution in [-0.4, -0.2) is 50.9 Å². The Bertz CT molecular complexity index is 1150. The molecule has 30 heavy (non-hydrogen) atoms. The Labute approximate surface area is 177 Å². The second-order valence-corrected chi connectivity index (χ2v) is 8.26. The summed E-state index contributed by atoms with van der Waals surface area (Å²) in [5.74, 6) is 0. The van der Waals surface area contributed by atoms with Crippen molar-refractivity contribution in [3.8, 4) is 11.3 Å². The number of aryl methyl sites for hydroxylation is 1. The molecule has 1 unspecified atom stereocenters. The fraction of sp³-hybridized carbons (Fsp3) is 0.280. The van der Waals surface area contributed by atoms with Gasteiger partial charge >= 0.3 is 0 Å². The summed E-state index contributed by atoms with van der Waals surface area (Å²) >= 11 is 0. The Morgan fingerprint density at radius 2 is 1.83 bits per heavy atom. The topological polar surface area (TPSA) is 36.7 Å². The van der Waals surface area contributed by atoms with Crippen LogP contribution in [0.15, 0.2) is 73.2 Å². The van der Waals surface area contributed by atoms with E-state index in [9.17, 15) is 0 Å². The fourth-order valence-corrected chi connectivity index (χ4v) is 4.41. The Kier molecular flexibility index (Phi) is 5.07. The molecule has 0 bridgehead atoms. The van der Waals surface area contributed by atoms with E-state index < -0.39 is 0 Å². The van der Waals surface area contributed by atoms with Crippen LogP contribution in [0, 0.1) is 6.92 Å². The van der Waals surface area contributed by atoms with Gasteiger partial charge in [-0.15, -0.1) is 0 Å². The predicted octanol–water partition coefficient (Wildman–Crippen LogP) is 4.19. The van der Waals surface area contributed by atoms with Crippen molar-refractivity contribution in [3.05, 3.63) is 90.0 Å². The van der Waals surface area contributed by atoms with Crippen molar-refractivity contribution in [1.82, 2.24) is 24.2 Å². The van der Waals surface area contributed by atoms with Gasteiger partial charge in [0, 0.05) is 50.3 Å². The highest BCUT2D eigenvalue weighted by molar-refractivity contribution is 5.63. The maximum absolute atomic E-state index is 5.01. The van der Waals surface area contributed by atoms with Gasteiger partial charge in [-0.2, -0.15) is 0 Å². The first-order valence-corrected chi connectivity index (χ1v) is 10.5. The number of rotatable bonds is 4. The lowest BCUT2D eigenvalue weighted by atomic mass is 10.1. The minimum absolute atomic E-state index is 0.286. The zero-order valence-corrected chi connectivity index (χ0v) is 17.6. The number of benzene rings is 1. The Morgan fingerprint density at radius 3 is 2.67 bits per heavy atom. The molecule has 1 atom stereocenters. The van der Waals surface area contributed by atoms with Crippen molar-refractivity contribution >= 4 is 5.65 Å². The summed E-state index contributed by atoms with van der Waals surface area (Å²) in [7, 11) is 2.21. The number of aromatic nitrogens is 3. The normalized spacial score (nSPS) is 18.1. The summed E-state index contributed by atoms with van der Waals surface area (Å²) in [5, 5.41) is 0. The smallest absolute Gasteiger partial charge is 0.137 e. The zero-order valence-electron chi connectivity index (χ0n) is 17.6. The average molecular weight is 398 g/mol. The van der Waals surface area contributed by atoms with Gasteiger partial charge in [0.1, 0.15) is 5.65 Å². The van der Waals surface area contributed by atoms with E-state index in [1.54, 1.807) is 0 Å². The number of piperazine rings is 1. The number of likely N-dealkylation sites (N-methyl/N-ethyl adjacent to an activating group) is 1. The predicted molar refractivity (Wildman–Crippen MR) is 120 cm³/mol. The lowest BCUT2D eigenvalue weighted by Gasteiger charge is -2.38. The zero-order chi connectivity index (χ0) is 20.5. The maximum atomic E-state index is 5.01. The van der Waals surface area contributed by atoms with E-state index in [-0.39, 0.29) is 6.04 Å². The van der Waals surface area contributed by atoms with E-state index in [2.05, 4.69) is 81.8 Å². The molecule has 5 nitrogen and oxygen atoms in total. The molecule has 0 radical (unpaired) electrons. The third-order valence-electron chi connectivity index (χ3n) is 6.05. The number of pyridine rings is 2. The van der Waals surface area contributed by atoms with E-state index in [4.69, 9.17) is 4.98 Å². The Balaban J connectivity index is 1.43. The van der Waals surface area contributed by atoms with Crippen LogP contribution in [0.3, 0.4) is 0 Å². The van der Waals surface area contributed by atoms with Gasteiger partial charge in [-0.05, 0) is 43.8 Å². The van der Waals surface area contributed by atoms with Crippen molar-refractivity contribution in [2.24, 2.45) is 0 Å². The monoisotopic (exact) mass is 397 g/mol. The van der Waals surface area contributed by atoms with Gasteiger partial charge in [-0.1, -0.05) is 35.9 Å². The summed E-state index contributed by atoms with van der Waals surface area (Å²) in [6.07, 6.45) is 5.89. The second kappa shape index (κ2) is 8.01. The molecule has 0 aliphatic carbocycles. The van der Waals surface area contributed by atoms with Crippen molar-refractivity contribution < 1.29 is 0 Å². The molecule has 3 aromatic heterocycles. The van der Waals surface area contributed by atoms with Crippen molar-refractivity contribution in [2.45, 2.75) is 19.5 Å². The third-order valence-corrected chi connectivity index (χ3v) is 6.05. The largest absolute Gasteiger partial charge is 0.299 e. The number of hydrogen-bond acceptors (Lipinski definition) is 4. The summed E-state index contributed by atoms with van der Waals surface area (Å²) < 4.78 is 2.21. The van der Waals surface area contributed by atoms with E-state index in [0.717, 1.165) is 48.8 Å². The van der Waals surface area contributed by atoms with Crippen LogP contribution in [0.25, 0.3) is 16.9 Å². The first-order valence-electron chi connectivity index (χ1n) is 10.5. The molecule has 1 aromatic carbocycles. The summed E-state index contributed by atoms with van der Waals surface area (Å²) in [6.45, 7) is 6.26. The van der Waals surface area contributed by atoms with E-state index >= 15 is 0 Å². The summed E-state index contributed by atoms with van der Waals surface area (Å²) in [4.78, 5) is 14.1. The molecular weight excluding hydrogens is 370 g/mol. The van der Waals surface area contributed by atoms with Crippen LogP contribution in [0.2, 0.25) is 0 Å². The van der Waals surface area contributed by atoms with Gasteiger partial charge in [0.2, 0.25) is 0 Å². The van der Waals surface area contributed by atoms with Gasteiger partial charge in [-0.25, -0.2) is 4.98 Å². The first-order chi connectivity index (χ1) is 14.7. The van der Waals surface area contributed by atoms with Crippen molar-refractivity contribution in [3.63, 3.8) is 0 Å². The molecule has 1 fully saturated rings. The molecule has 5 heteroatoms. The summed E-state index contributed by atoms with van der Waals surface area (Å²) in [6, 6.07) is 19.5. The highest BCUT2D eigenvalue weighted by atomic mass is 15.3. The van der Waals surface area contributed by atoms with Crippen molar-refractivity contribution in [2.75, 3.05) is 26.7 Å². The minimum Gasteiger partial charge on any atom is -0.299 e.